The number of hydrogen-bond donors (Lipinski definition) is 0. The summed E-state index contributed by atoms with van der Waals surface area (Å²) in [4.78, 5) is 24.7. The summed E-state index contributed by atoms with van der Waals surface area (Å²) in [6, 6.07) is 15.8. The molecule has 0 radical (unpaired) electrons. The molecule has 1 aliphatic rings. The van der Waals surface area contributed by atoms with Crippen LogP contribution >= 0.6 is 0 Å². The van der Waals surface area contributed by atoms with Crippen LogP contribution in [0.1, 0.15) is 22.3 Å². The van der Waals surface area contributed by atoms with Crippen LogP contribution < -0.4 is 0 Å². The Labute approximate surface area is 153 Å². The number of rotatable bonds is 4. The number of carbonyl (C=O) groups excluding carboxylic acids is 2. The summed E-state index contributed by atoms with van der Waals surface area (Å²) < 4.78 is 0. The highest BCUT2D eigenvalue weighted by Gasteiger charge is 2.16. The van der Waals surface area contributed by atoms with Crippen LogP contribution in [-0.4, -0.2) is 11.6 Å². The van der Waals surface area contributed by atoms with Crippen LogP contribution in [0.3, 0.4) is 0 Å². The minimum absolute atomic E-state index is 0.154. The molecule has 0 saturated carbocycles. The van der Waals surface area contributed by atoms with Crippen molar-refractivity contribution in [1.29, 1.82) is 0 Å². The maximum Gasteiger partial charge on any atom is 0.186 e. The van der Waals surface area contributed by atoms with Crippen molar-refractivity contribution in [3.63, 3.8) is 0 Å². The van der Waals surface area contributed by atoms with Gasteiger partial charge in [-0.1, -0.05) is 72.8 Å². The Balaban J connectivity index is 1.78. The van der Waals surface area contributed by atoms with E-state index in [0.29, 0.717) is 11.1 Å². The van der Waals surface area contributed by atoms with Crippen molar-refractivity contribution in [2.24, 2.45) is 0 Å². The zero-order valence-electron chi connectivity index (χ0n) is 14.9. The van der Waals surface area contributed by atoms with E-state index >= 15 is 0 Å². The monoisotopic (exact) mass is 340 g/mol. The standard InChI is InChI=1S/C24H20O2/c1-17-7-3-5-9-19(17)11-13-21-15-24(26)22(16-23(21)25)14-12-20-10-6-4-8-18(20)2/h3-16H,1-2H3/b13-11+,14-12+. The normalized spacial score (nSPS) is 14.8. The second kappa shape index (κ2) is 7.75. The molecule has 0 aliphatic heterocycles. The molecule has 0 bridgehead atoms. The highest BCUT2D eigenvalue weighted by Crippen LogP contribution is 2.18. The van der Waals surface area contributed by atoms with Crippen LogP contribution in [0, 0.1) is 13.8 Å². The summed E-state index contributed by atoms with van der Waals surface area (Å²) in [6.45, 7) is 4.02. The van der Waals surface area contributed by atoms with Crippen molar-refractivity contribution >= 4 is 23.7 Å². The van der Waals surface area contributed by atoms with E-state index in [-0.39, 0.29) is 11.6 Å². The predicted octanol–water partition coefficient (Wildman–Crippen LogP) is 5.03. The third-order valence-corrected chi connectivity index (χ3v) is 4.40. The average molecular weight is 340 g/mol. The van der Waals surface area contributed by atoms with Crippen LogP contribution in [0.25, 0.3) is 12.2 Å². The van der Waals surface area contributed by atoms with Gasteiger partial charge in [-0.05, 0) is 48.3 Å². The minimum atomic E-state index is -0.154. The molecule has 2 aromatic carbocycles. The van der Waals surface area contributed by atoms with Gasteiger partial charge in [0, 0.05) is 11.1 Å². The first-order chi connectivity index (χ1) is 12.5. The van der Waals surface area contributed by atoms with Gasteiger partial charge in [-0.2, -0.15) is 0 Å². The highest BCUT2D eigenvalue weighted by molar-refractivity contribution is 6.22. The fourth-order valence-corrected chi connectivity index (χ4v) is 2.76. The SMILES string of the molecule is Cc1ccccc1/C=C/C1=CC(=O)C(/C=C/c2ccccc2C)=CC1=O. The summed E-state index contributed by atoms with van der Waals surface area (Å²) in [5, 5.41) is 0. The summed E-state index contributed by atoms with van der Waals surface area (Å²) in [6.07, 6.45) is 9.98. The first-order valence-electron chi connectivity index (χ1n) is 8.54. The number of aryl methyl sites for hydroxylation is 2. The lowest BCUT2D eigenvalue weighted by Gasteiger charge is -2.07. The number of carbonyl (C=O) groups is 2. The van der Waals surface area contributed by atoms with Gasteiger partial charge in [0.05, 0.1) is 0 Å². The number of allylic oxidation sites excluding steroid dienone is 6. The summed E-state index contributed by atoms with van der Waals surface area (Å²) >= 11 is 0. The Kier molecular flexibility index (Phi) is 5.23. The van der Waals surface area contributed by atoms with Gasteiger partial charge in [0.15, 0.2) is 11.6 Å². The third kappa shape index (κ3) is 4.04. The van der Waals surface area contributed by atoms with Crippen LogP contribution in [0.2, 0.25) is 0 Å². The molecule has 0 aromatic heterocycles. The van der Waals surface area contributed by atoms with Crippen LogP contribution in [0.4, 0.5) is 0 Å². The Hall–Kier alpha value is -3.26. The quantitative estimate of drug-likeness (QED) is 0.731. The Morgan fingerprint density at radius 2 is 0.962 bits per heavy atom. The topological polar surface area (TPSA) is 34.1 Å². The zero-order chi connectivity index (χ0) is 18.5. The summed E-state index contributed by atoms with van der Waals surface area (Å²) in [5.41, 5.74) is 5.12. The molecule has 2 aromatic rings. The Morgan fingerprint density at radius 3 is 1.35 bits per heavy atom. The molecule has 0 fully saturated rings. The van der Waals surface area contributed by atoms with E-state index in [2.05, 4.69) is 0 Å². The maximum absolute atomic E-state index is 12.4. The van der Waals surface area contributed by atoms with E-state index in [1.807, 2.05) is 74.5 Å². The maximum atomic E-state index is 12.4. The van der Waals surface area contributed by atoms with Gasteiger partial charge >= 0.3 is 0 Å². The molecule has 26 heavy (non-hydrogen) atoms. The van der Waals surface area contributed by atoms with Gasteiger partial charge < -0.3 is 0 Å². The van der Waals surface area contributed by atoms with Gasteiger partial charge in [-0.3, -0.25) is 9.59 Å². The van der Waals surface area contributed by atoms with Crippen LogP contribution in [0.15, 0.2) is 84.0 Å². The fraction of sp³-hybridized carbons (Fsp3) is 0.0833. The number of hydrogen-bond acceptors (Lipinski definition) is 2. The molecule has 0 heterocycles. The molecular formula is C24H20O2. The average Bonchev–Trinajstić information content (AvgIpc) is 2.63. The Morgan fingerprint density at radius 1 is 0.577 bits per heavy atom. The van der Waals surface area contributed by atoms with Crippen molar-refractivity contribution < 1.29 is 9.59 Å². The van der Waals surface area contributed by atoms with Crippen molar-refractivity contribution in [3.05, 3.63) is 106 Å². The molecule has 2 heteroatoms. The summed E-state index contributed by atoms with van der Waals surface area (Å²) in [7, 11) is 0. The van der Waals surface area contributed by atoms with E-state index in [9.17, 15) is 9.59 Å². The molecule has 0 unspecified atom stereocenters. The number of benzene rings is 2. The largest absolute Gasteiger partial charge is 0.289 e. The van der Waals surface area contributed by atoms with E-state index in [1.54, 1.807) is 12.2 Å². The Bertz CT molecular complexity index is 903. The van der Waals surface area contributed by atoms with E-state index in [1.165, 1.54) is 12.2 Å². The first-order valence-corrected chi connectivity index (χ1v) is 8.54. The second-order valence-corrected chi connectivity index (χ2v) is 6.31. The molecule has 0 spiro atoms. The minimum Gasteiger partial charge on any atom is -0.289 e. The first kappa shape index (κ1) is 17.6. The molecule has 2 nitrogen and oxygen atoms in total. The van der Waals surface area contributed by atoms with Gasteiger partial charge in [-0.15, -0.1) is 0 Å². The van der Waals surface area contributed by atoms with Gasteiger partial charge in [0.2, 0.25) is 0 Å². The van der Waals surface area contributed by atoms with Gasteiger partial charge in [0.25, 0.3) is 0 Å². The molecule has 3 rings (SSSR count). The van der Waals surface area contributed by atoms with Crippen LogP contribution in [-0.2, 0) is 9.59 Å². The highest BCUT2D eigenvalue weighted by atomic mass is 16.1. The smallest absolute Gasteiger partial charge is 0.186 e. The van der Waals surface area contributed by atoms with Crippen molar-refractivity contribution in [2.45, 2.75) is 13.8 Å². The van der Waals surface area contributed by atoms with E-state index in [0.717, 1.165) is 22.3 Å². The zero-order valence-corrected chi connectivity index (χ0v) is 14.9. The van der Waals surface area contributed by atoms with Crippen molar-refractivity contribution in [3.8, 4) is 0 Å². The lowest BCUT2D eigenvalue weighted by atomic mass is 9.95. The third-order valence-electron chi connectivity index (χ3n) is 4.40. The van der Waals surface area contributed by atoms with E-state index in [4.69, 9.17) is 0 Å². The van der Waals surface area contributed by atoms with E-state index < -0.39 is 0 Å². The van der Waals surface area contributed by atoms with Gasteiger partial charge in [0.1, 0.15) is 0 Å². The molecule has 1 aliphatic carbocycles. The predicted molar refractivity (Wildman–Crippen MR) is 107 cm³/mol. The lowest BCUT2D eigenvalue weighted by molar-refractivity contribution is -0.114. The van der Waals surface area contributed by atoms with Crippen molar-refractivity contribution in [2.75, 3.05) is 0 Å². The van der Waals surface area contributed by atoms with Gasteiger partial charge in [-0.25, -0.2) is 0 Å². The molecule has 0 atom stereocenters. The molecular weight excluding hydrogens is 320 g/mol. The summed E-state index contributed by atoms with van der Waals surface area (Å²) in [5.74, 6) is -0.308. The van der Waals surface area contributed by atoms with Crippen LogP contribution in [0.5, 0.6) is 0 Å². The van der Waals surface area contributed by atoms with Crippen molar-refractivity contribution in [1.82, 2.24) is 0 Å². The fourth-order valence-electron chi connectivity index (χ4n) is 2.76. The molecule has 128 valence electrons. The molecule has 0 amide bonds. The lowest BCUT2D eigenvalue weighted by Crippen LogP contribution is -2.10. The number of ketones is 2. The molecule has 0 N–H and O–H groups in total. The molecule has 0 saturated heterocycles. The second-order valence-electron chi connectivity index (χ2n) is 6.31.